The molecule has 5 heterocycles. The van der Waals surface area contributed by atoms with E-state index in [4.69, 9.17) is 4.98 Å². The minimum Gasteiger partial charge on any atom is -0.355 e. The Morgan fingerprint density at radius 3 is 2.83 bits per heavy atom. The molecule has 1 saturated heterocycles. The first kappa shape index (κ1) is 16.8. The van der Waals surface area contributed by atoms with Gasteiger partial charge in [0.2, 0.25) is 0 Å². The van der Waals surface area contributed by atoms with Gasteiger partial charge in [0.1, 0.15) is 23.0 Å². The lowest BCUT2D eigenvalue weighted by molar-refractivity contribution is 0.493. The van der Waals surface area contributed by atoms with E-state index in [-0.39, 0.29) is 11.4 Å². The third-order valence-corrected chi connectivity index (χ3v) is 5.87. The highest BCUT2D eigenvalue weighted by Gasteiger charge is 2.35. The number of benzene rings is 1. The molecule has 0 radical (unpaired) electrons. The van der Waals surface area contributed by atoms with Gasteiger partial charge in [-0.1, -0.05) is 0 Å². The van der Waals surface area contributed by atoms with Crippen LogP contribution in [0.5, 0.6) is 0 Å². The second kappa shape index (κ2) is 6.21. The molecule has 6 rings (SSSR count). The number of nitrogens with one attached hydrogen (secondary N) is 2. The molecule has 4 aromatic rings. The quantitative estimate of drug-likeness (QED) is 0.544. The zero-order chi connectivity index (χ0) is 19.5. The van der Waals surface area contributed by atoms with Crippen molar-refractivity contribution in [3.05, 3.63) is 53.1 Å². The fourth-order valence-corrected chi connectivity index (χ4v) is 4.42. The van der Waals surface area contributed by atoms with Crippen LogP contribution in [0.15, 0.2) is 24.4 Å². The van der Waals surface area contributed by atoms with E-state index in [0.717, 1.165) is 62.2 Å². The van der Waals surface area contributed by atoms with Gasteiger partial charge in [0.15, 0.2) is 11.5 Å². The summed E-state index contributed by atoms with van der Waals surface area (Å²) >= 11 is 0. The average molecular weight is 395 g/mol. The first-order valence-corrected chi connectivity index (χ1v) is 9.83. The van der Waals surface area contributed by atoms with E-state index < -0.39 is 11.6 Å². The van der Waals surface area contributed by atoms with Gasteiger partial charge in [-0.2, -0.15) is 9.61 Å². The van der Waals surface area contributed by atoms with Crippen molar-refractivity contribution in [2.45, 2.75) is 18.8 Å². The third kappa shape index (κ3) is 2.61. The van der Waals surface area contributed by atoms with Gasteiger partial charge in [-0.15, -0.1) is 0 Å². The van der Waals surface area contributed by atoms with Crippen LogP contribution in [0.1, 0.15) is 23.0 Å². The van der Waals surface area contributed by atoms with Gasteiger partial charge in [-0.3, -0.25) is 0 Å². The lowest BCUT2D eigenvalue weighted by atomic mass is 9.97. The number of hydrogen-bond donors (Lipinski definition) is 2. The summed E-state index contributed by atoms with van der Waals surface area (Å²) in [6, 6.07) is 4.08. The Kier molecular flexibility index (Phi) is 3.61. The van der Waals surface area contributed by atoms with E-state index in [1.54, 1.807) is 6.20 Å². The maximum Gasteiger partial charge on any atom is 0.157 e. The van der Waals surface area contributed by atoms with Crippen LogP contribution in [0.2, 0.25) is 0 Å². The van der Waals surface area contributed by atoms with Crippen LogP contribution in [0, 0.1) is 11.6 Å². The zero-order valence-electron chi connectivity index (χ0n) is 15.6. The predicted octanol–water partition coefficient (Wildman–Crippen LogP) is 2.18. The summed E-state index contributed by atoms with van der Waals surface area (Å²) in [5.74, 6) is 0.671. The van der Waals surface area contributed by atoms with Gasteiger partial charge in [-0.05, 0) is 19.0 Å². The molecule has 7 nitrogen and oxygen atoms in total. The minimum atomic E-state index is -0.635. The van der Waals surface area contributed by atoms with Crippen LogP contribution >= 0.6 is 0 Å². The molecule has 0 atom stereocenters. The van der Waals surface area contributed by atoms with Gasteiger partial charge in [-0.25, -0.2) is 18.7 Å². The van der Waals surface area contributed by atoms with Gasteiger partial charge in [0.25, 0.3) is 0 Å². The highest BCUT2D eigenvalue weighted by molar-refractivity contribution is 5.76. The lowest BCUT2D eigenvalue weighted by Crippen LogP contribution is -2.47. The van der Waals surface area contributed by atoms with Crippen LogP contribution < -0.4 is 10.2 Å². The van der Waals surface area contributed by atoms with Crippen molar-refractivity contribution in [2.75, 3.05) is 31.1 Å². The molecule has 29 heavy (non-hydrogen) atoms. The number of hydrogen-bond acceptors (Lipinski definition) is 5. The maximum absolute atomic E-state index is 14.0. The van der Waals surface area contributed by atoms with Crippen LogP contribution in [0.25, 0.3) is 16.7 Å². The number of rotatable bonds is 2. The number of fused-ring (bicyclic) bond motifs is 3. The smallest absolute Gasteiger partial charge is 0.157 e. The fourth-order valence-electron chi connectivity index (χ4n) is 4.42. The van der Waals surface area contributed by atoms with E-state index in [1.807, 2.05) is 10.6 Å². The third-order valence-electron chi connectivity index (χ3n) is 5.87. The summed E-state index contributed by atoms with van der Waals surface area (Å²) in [5.41, 5.74) is 3.81. The SMILES string of the molecule is Fc1cc(F)c2nc(C3CN(c4c5c(nc6ccnn46)CCNCC5)C3)[nH]c2c1. The molecule has 2 aliphatic rings. The molecule has 0 aliphatic carbocycles. The molecule has 1 fully saturated rings. The van der Waals surface area contributed by atoms with Gasteiger partial charge >= 0.3 is 0 Å². The molecule has 148 valence electrons. The maximum atomic E-state index is 14.0. The molecule has 2 aliphatic heterocycles. The number of nitrogens with zero attached hydrogens (tertiary/aromatic N) is 5. The molecule has 0 bridgehead atoms. The summed E-state index contributed by atoms with van der Waals surface area (Å²) in [6.07, 6.45) is 3.58. The van der Waals surface area contributed by atoms with Crippen molar-refractivity contribution < 1.29 is 8.78 Å². The zero-order valence-corrected chi connectivity index (χ0v) is 15.6. The Labute approximate surface area is 164 Å². The van der Waals surface area contributed by atoms with Crippen molar-refractivity contribution in [3.8, 4) is 0 Å². The summed E-state index contributed by atoms with van der Waals surface area (Å²) < 4.78 is 29.4. The molecule has 3 aromatic heterocycles. The molecule has 0 saturated carbocycles. The average Bonchev–Trinajstić information content (AvgIpc) is 3.21. The Morgan fingerprint density at radius 1 is 1.07 bits per heavy atom. The second-order valence-corrected chi connectivity index (χ2v) is 7.72. The molecular weight excluding hydrogens is 376 g/mol. The van der Waals surface area contributed by atoms with Crippen LogP contribution in [-0.4, -0.2) is 50.7 Å². The van der Waals surface area contributed by atoms with E-state index in [2.05, 4.69) is 25.3 Å². The van der Waals surface area contributed by atoms with Crippen molar-refractivity contribution in [1.82, 2.24) is 29.9 Å². The summed E-state index contributed by atoms with van der Waals surface area (Å²) in [5, 5.41) is 7.92. The van der Waals surface area contributed by atoms with Crippen molar-refractivity contribution in [3.63, 3.8) is 0 Å². The molecule has 9 heteroatoms. The monoisotopic (exact) mass is 395 g/mol. The first-order chi connectivity index (χ1) is 14.2. The topological polar surface area (TPSA) is 74.1 Å². The molecule has 0 spiro atoms. The second-order valence-electron chi connectivity index (χ2n) is 7.72. The number of imidazole rings is 1. The summed E-state index contributed by atoms with van der Waals surface area (Å²) in [4.78, 5) is 14.6. The molecule has 1 aromatic carbocycles. The minimum absolute atomic E-state index is 0.128. The number of aromatic nitrogens is 5. The number of halogens is 2. The van der Waals surface area contributed by atoms with E-state index >= 15 is 0 Å². The van der Waals surface area contributed by atoms with E-state index in [1.165, 1.54) is 11.6 Å². The van der Waals surface area contributed by atoms with Gasteiger partial charge in [0, 0.05) is 43.8 Å². The first-order valence-electron chi connectivity index (χ1n) is 9.83. The van der Waals surface area contributed by atoms with Crippen molar-refractivity contribution in [1.29, 1.82) is 0 Å². The fraction of sp³-hybridized carbons (Fsp3) is 0.350. The normalized spacial score (nSPS) is 17.5. The number of aromatic amines is 1. The van der Waals surface area contributed by atoms with E-state index in [0.29, 0.717) is 11.3 Å². The van der Waals surface area contributed by atoms with Crippen molar-refractivity contribution in [2.24, 2.45) is 0 Å². The van der Waals surface area contributed by atoms with Crippen LogP contribution in [0.3, 0.4) is 0 Å². The van der Waals surface area contributed by atoms with Gasteiger partial charge in [0.05, 0.1) is 23.3 Å². The summed E-state index contributed by atoms with van der Waals surface area (Å²) in [6.45, 7) is 3.32. The van der Waals surface area contributed by atoms with Gasteiger partial charge < -0.3 is 15.2 Å². The molecule has 0 amide bonds. The Balaban J connectivity index is 1.35. The van der Waals surface area contributed by atoms with E-state index in [9.17, 15) is 8.78 Å². The largest absolute Gasteiger partial charge is 0.355 e. The summed E-state index contributed by atoms with van der Waals surface area (Å²) in [7, 11) is 0. The Bertz CT molecular complexity index is 1240. The highest BCUT2D eigenvalue weighted by atomic mass is 19.1. The van der Waals surface area contributed by atoms with Crippen molar-refractivity contribution >= 4 is 22.5 Å². The van der Waals surface area contributed by atoms with Crippen LogP contribution in [0.4, 0.5) is 14.6 Å². The van der Waals surface area contributed by atoms with Crippen LogP contribution in [-0.2, 0) is 12.8 Å². The lowest BCUT2D eigenvalue weighted by Gasteiger charge is -2.41. The molecule has 0 unspecified atom stereocenters. The number of H-pyrrole nitrogens is 1. The predicted molar refractivity (Wildman–Crippen MR) is 104 cm³/mol. The molecular formula is C20H19F2N7. The highest BCUT2D eigenvalue weighted by Crippen LogP contribution is 2.35. The Hall–Kier alpha value is -3.07. The number of anilines is 1. The Morgan fingerprint density at radius 2 is 1.93 bits per heavy atom. The molecule has 2 N–H and O–H groups in total. The standard InChI is InChI=1S/C20H19F2N7/c21-12-7-14(22)18-16(8-12)26-19(27-18)11-9-28(10-11)20-13-1-4-23-5-2-15(13)25-17-3-6-24-29(17)20/h3,6-8,11,23H,1-2,4-5,9-10H2,(H,26,27).